The van der Waals surface area contributed by atoms with Gasteiger partial charge in [0.2, 0.25) is 0 Å². The van der Waals surface area contributed by atoms with Gasteiger partial charge in [0, 0.05) is 30.8 Å². The van der Waals surface area contributed by atoms with Crippen molar-refractivity contribution in [1.29, 1.82) is 0 Å². The molecule has 1 aliphatic heterocycles. The number of likely N-dealkylation sites (tertiary alicyclic amines) is 1. The number of carbonyl (C=O) groups is 1. The van der Waals surface area contributed by atoms with Crippen molar-refractivity contribution in [3.8, 4) is 0 Å². The van der Waals surface area contributed by atoms with Gasteiger partial charge in [0.1, 0.15) is 0 Å². The third-order valence-corrected chi connectivity index (χ3v) is 5.45. The molecule has 1 aliphatic rings. The topological polar surface area (TPSA) is 23.6 Å². The third kappa shape index (κ3) is 4.73. The summed E-state index contributed by atoms with van der Waals surface area (Å²) < 4.78 is 39.6. The molecular formula is C22H25F3N2O. The van der Waals surface area contributed by atoms with Gasteiger partial charge in [-0.1, -0.05) is 30.3 Å². The molecule has 6 heteroatoms. The summed E-state index contributed by atoms with van der Waals surface area (Å²) in [4.78, 5) is 17.1. The number of benzene rings is 2. The summed E-state index contributed by atoms with van der Waals surface area (Å²) in [6, 6.07) is 12.9. The molecule has 3 rings (SSSR count). The number of alkyl halides is 3. The van der Waals surface area contributed by atoms with E-state index in [0.29, 0.717) is 6.04 Å². The first-order valence-electron chi connectivity index (χ1n) is 9.45. The number of piperidine rings is 1. The molecule has 0 amide bonds. The van der Waals surface area contributed by atoms with Crippen LogP contribution in [0.3, 0.4) is 0 Å². The van der Waals surface area contributed by atoms with Gasteiger partial charge in [-0.15, -0.1) is 0 Å². The van der Waals surface area contributed by atoms with E-state index in [2.05, 4.69) is 16.8 Å². The van der Waals surface area contributed by atoms with Gasteiger partial charge in [-0.05, 0) is 56.7 Å². The van der Waals surface area contributed by atoms with Gasteiger partial charge >= 0.3 is 6.18 Å². The number of hydrogen-bond acceptors (Lipinski definition) is 3. The Morgan fingerprint density at radius 3 is 2.46 bits per heavy atom. The highest BCUT2D eigenvalue weighted by Crippen LogP contribution is 2.32. The van der Waals surface area contributed by atoms with Crippen molar-refractivity contribution in [2.45, 2.75) is 31.5 Å². The number of rotatable bonds is 5. The van der Waals surface area contributed by atoms with Crippen molar-refractivity contribution in [2.24, 2.45) is 0 Å². The monoisotopic (exact) mass is 390 g/mol. The van der Waals surface area contributed by atoms with E-state index in [1.165, 1.54) is 18.2 Å². The van der Waals surface area contributed by atoms with Gasteiger partial charge in [0.15, 0.2) is 5.78 Å². The van der Waals surface area contributed by atoms with Crippen LogP contribution in [-0.2, 0) is 12.6 Å². The standard InChI is InChI=1S/C22H25F3N2O/c1-26-12-10-17(11-13-26)27(2)18-7-5-6-16(14-18)15-21(28)19-8-3-4-9-20(19)22(23,24)25/h3-9,14,17H,10-13,15H2,1-2H3. The number of Topliss-reactive ketones (excluding diaryl/α,β-unsaturated/α-hetero) is 1. The molecule has 0 spiro atoms. The Morgan fingerprint density at radius 1 is 1.11 bits per heavy atom. The summed E-state index contributed by atoms with van der Waals surface area (Å²) in [6.07, 6.45) is -2.46. The van der Waals surface area contributed by atoms with Gasteiger partial charge < -0.3 is 9.80 Å². The average molecular weight is 390 g/mol. The molecule has 1 fully saturated rings. The van der Waals surface area contributed by atoms with E-state index in [9.17, 15) is 18.0 Å². The summed E-state index contributed by atoms with van der Waals surface area (Å²) in [6.45, 7) is 2.09. The number of halogens is 3. The van der Waals surface area contributed by atoms with Gasteiger partial charge in [-0.25, -0.2) is 0 Å². The number of ketones is 1. The average Bonchev–Trinajstić information content (AvgIpc) is 2.67. The maximum atomic E-state index is 13.2. The minimum atomic E-state index is -4.54. The van der Waals surface area contributed by atoms with E-state index in [0.717, 1.165) is 43.2 Å². The van der Waals surface area contributed by atoms with Crippen LogP contribution in [0.5, 0.6) is 0 Å². The first-order chi connectivity index (χ1) is 13.3. The summed E-state index contributed by atoms with van der Waals surface area (Å²) >= 11 is 0. The number of anilines is 1. The Bertz CT molecular complexity index is 827. The maximum Gasteiger partial charge on any atom is 0.417 e. The molecule has 0 atom stereocenters. The van der Waals surface area contributed by atoms with Crippen LogP contribution in [0.4, 0.5) is 18.9 Å². The van der Waals surface area contributed by atoms with E-state index in [-0.39, 0.29) is 12.0 Å². The van der Waals surface area contributed by atoms with Crippen LogP contribution in [0.2, 0.25) is 0 Å². The Balaban J connectivity index is 1.76. The quantitative estimate of drug-likeness (QED) is 0.694. The number of hydrogen-bond donors (Lipinski definition) is 0. The van der Waals surface area contributed by atoms with Crippen molar-refractivity contribution in [2.75, 3.05) is 32.1 Å². The summed E-state index contributed by atoms with van der Waals surface area (Å²) in [5.41, 5.74) is 0.562. The normalized spacial score (nSPS) is 16.2. The van der Waals surface area contributed by atoms with Crippen molar-refractivity contribution >= 4 is 11.5 Å². The lowest BCUT2D eigenvalue weighted by Gasteiger charge is -2.36. The minimum absolute atomic E-state index is 0.0534. The molecule has 0 radical (unpaired) electrons. The Kier molecular flexibility index (Phi) is 6.08. The largest absolute Gasteiger partial charge is 0.417 e. The zero-order valence-electron chi connectivity index (χ0n) is 16.2. The molecule has 150 valence electrons. The first-order valence-corrected chi connectivity index (χ1v) is 9.45. The molecule has 1 saturated heterocycles. The van der Waals surface area contributed by atoms with Crippen molar-refractivity contribution in [3.63, 3.8) is 0 Å². The van der Waals surface area contributed by atoms with Crippen molar-refractivity contribution in [1.82, 2.24) is 4.90 Å². The van der Waals surface area contributed by atoms with E-state index in [1.54, 1.807) is 6.07 Å². The van der Waals surface area contributed by atoms with E-state index < -0.39 is 17.5 Å². The second kappa shape index (κ2) is 8.35. The van der Waals surface area contributed by atoms with E-state index in [4.69, 9.17) is 0 Å². The van der Waals surface area contributed by atoms with Crippen LogP contribution in [0.15, 0.2) is 48.5 Å². The number of carbonyl (C=O) groups excluding carboxylic acids is 1. The fourth-order valence-electron chi connectivity index (χ4n) is 3.73. The van der Waals surface area contributed by atoms with Gasteiger partial charge in [-0.2, -0.15) is 13.2 Å². The second-order valence-electron chi connectivity index (χ2n) is 7.46. The predicted molar refractivity (Wildman–Crippen MR) is 105 cm³/mol. The summed E-state index contributed by atoms with van der Waals surface area (Å²) in [5.74, 6) is -0.521. The molecule has 28 heavy (non-hydrogen) atoms. The lowest BCUT2D eigenvalue weighted by atomic mass is 9.97. The fourth-order valence-corrected chi connectivity index (χ4v) is 3.73. The molecule has 0 N–H and O–H groups in total. The Hall–Kier alpha value is -2.34. The van der Waals surface area contributed by atoms with Crippen LogP contribution in [0, 0.1) is 0 Å². The van der Waals surface area contributed by atoms with E-state index >= 15 is 0 Å². The minimum Gasteiger partial charge on any atom is -0.372 e. The first kappa shape index (κ1) is 20.4. The highest BCUT2D eigenvalue weighted by molar-refractivity contribution is 5.99. The molecule has 3 nitrogen and oxygen atoms in total. The van der Waals surface area contributed by atoms with Crippen molar-refractivity contribution in [3.05, 3.63) is 65.2 Å². The SMILES string of the molecule is CN1CCC(N(C)c2cccc(CC(=O)c3ccccc3C(F)(F)F)c2)CC1. The molecule has 2 aromatic carbocycles. The highest BCUT2D eigenvalue weighted by Gasteiger charge is 2.34. The molecule has 0 aliphatic carbocycles. The molecule has 1 heterocycles. The maximum absolute atomic E-state index is 13.2. The van der Waals surface area contributed by atoms with Gasteiger partial charge in [0.25, 0.3) is 0 Å². The Morgan fingerprint density at radius 2 is 1.79 bits per heavy atom. The summed E-state index contributed by atoms with van der Waals surface area (Å²) in [7, 11) is 4.15. The van der Waals surface area contributed by atoms with Gasteiger partial charge in [-0.3, -0.25) is 4.79 Å². The third-order valence-electron chi connectivity index (χ3n) is 5.45. The van der Waals surface area contributed by atoms with Crippen LogP contribution >= 0.6 is 0 Å². The fraction of sp³-hybridized carbons (Fsp3) is 0.409. The zero-order chi connectivity index (χ0) is 20.3. The molecule has 2 aromatic rings. The molecule has 0 aromatic heterocycles. The second-order valence-corrected chi connectivity index (χ2v) is 7.46. The van der Waals surface area contributed by atoms with Crippen molar-refractivity contribution < 1.29 is 18.0 Å². The number of nitrogens with zero attached hydrogens (tertiary/aromatic N) is 2. The predicted octanol–water partition coefficient (Wildman–Crippen LogP) is 4.66. The lowest BCUT2D eigenvalue weighted by Crippen LogP contribution is -2.42. The highest BCUT2D eigenvalue weighted by atomic mass is 19.4. The van der Waals surface area contributed by atoms with Crippen LogP contribution in [-0.4, -0.2) is 43.9 Å². The lowest BCUT2D eigenvalue weighted by molar-refractivity contribution is -0.137. The Labute approximate surface area is 163 Å². The van der Waals surface area contributed by atoms with Gasteiger partial charge in [0.05, 0.1) is 5.56 Å². The molecule has 0 saturated carbocycles. The molecule has 0 unspecified atom stereocenters. The van der Waals surface area contributed by atoms with E-state index in [1.807, 2.05) is 25.2 Å². The molecule has 0 bridgehead atoms. The summed E-state index contributed by atoms with van der Waals surface area (Å²) in [5, 5.41) is 0. The van der Waals surface area contributed by atoms with Crippen LogP contribution in [0.1, 0.15) is 34.3 Å². The van der Waals surface area contributed by atoms with Crippen LogP contribution < -0.4 is 4.90 Å². The van der Waals surface area contributed by atoms with Crippen LogP contribution in [0.25, 0.3) is 0 Å². The molecular weight excluding hydrogens is 365 g/mol. The smallest absolute Gasteiger partial charge is 0.372 e. The zero-order valence-corrected chi connectivity index (χ0v) is 16.2.